The Morgan fingerprint density at radius 2 is 2.21 bits per heavy atom. The highest BCUT2D eigenvalue weighted by atomic mass is 79.9. The number of nitrogens with zero attached hydrogens (tertiary/aromatic N) is 1. The molecule has 2 aliphatic rings. The van der Waals surface area contributed by atoms with Gasteiger partial charge in [0.15, 0.2) is 0 Å². The number of rotatable bonds is 3. The number of piperidine rings is 1. The van der Waals surface area contributed by atoms with Crippen LogP contribution in [0.5, 0.6) is 5.75 Å². The minimum Gasteiger partial charge on any atom is -0.495 e. The van der Waals surface area contributed by atoms with Gasteiger partial charge in [0.2, 0.25) is 0 Å². The highest BCUT2D eigenvalue weighted by Crippen LogP contribution is 2.31. The average Bonchev–Trinajstić information content (AvgIpc) is 2.88. The Balaban J connectivity index is 1.65. The van der Waals surface area contributed by atoms with E-state index in [4.69, 9.17) is 4.74 Å². The van der Waals surface area contributed by atoms with Crippen molar-refractivity contribution in [2.75, 3.05) is 25.5 Å². The van der Waals surface area contributed by atoms with E-state index in [1.807, 2.05) is 6.07 Å². The molecule has 1 aromatic carbocycles. The summed E-state index contributed by atoms with van der Waals surface area (Å²) in [6, 6.07) is 7.65. The quantitative estimate of drug-likeness (QED) is 0.921. The van der Waals surface area contributed by atoms with Crippen LogP contribution in [0, 0.1) is 0 Å². The van der Waals surface area contributed by atoms with Crippen molar-refractivity contribution in [1.82, 2.24) is 4.90 Å². The van der Waals surface area contributed by atoms with Gasteiger partial charge in [-0.3, -0.25) is 0 Å². The van der Waals surface area contributed by atoms with Crippen molar-refractivity contribution < 1.29 is 4.74 Å². The van der Waals surface area contributed by atoms with Crippen LogP contribution in [0.3, 0.4) is 0 Å². The maximum atomic E-state index is 5.35. The summed E-state index contributed by atoms with van der Waals surface area (Å²) in [5.74, 6) is 0.892. The standard InChI is InChI=1S/C15H21BrN2O/c1-19-15-10-11(4-5-14(15)16)17-12-6-8-18-7-2-3-13(18)9-12/h4-5,10,12-13,17H,2-3,6-9H2,1H3. The Kier molecular flexibility index (Phi) is 3.99. The second-order valence-electron chi connectivity index (χ2n) is 5.55. The van der Waals surface area contributed by atoms with Gasteiger partial charge in [0.05, 0.1) is 11.6 Å². The highest BCUT2D eigenvalue weighted by molar-refractivity contribution is 9.10. The number of halogens is 1. The van der Waals surface area contributed by atoms with Crippen LogP contribution >= 0.6 is 15.9 Å². The molecule has 4 heteroatoms. The predicted octanol–water partition coefficient (Wildman–Crippen LogP) is 3.50. The molecule has 2 fully saturated rings. The molecule has 2 saturated heterocycles. The van der Waals surface area contributed by atoms with Crippen molar-refractivity contribution in [3.63, 3.8) is 0 Å². The van der Waals surface area contributed by atoms with Gasteiger partial charge >= 0.3 is 0 Å². The van der Waals surface area contributed by atoms with Crippen LogP contribution in [0.4, 0.5) is 5.69 Å². The lowest BCUT2D eigenvalue weighted by Gasteiger charge is -2.35. The van der Waals surface area contributed by atoms with E-state index in [-0.39, 0.29) is 0 Å². The summed E-state index contributed by atoms with van der Waals surface area (Å²) in [7, 11) is 1.71. The molecule has 2 aliphatic heterocycles. The number of hydrogen-bond acceptors (Lipinski definition) is 3. The molecule has 104 valence electrons. The molecule has 0 amide bonds. The van der Waals surface area contributed by atoms with Gasteiger partial charge in [-0.2, -0.15) is 0 Å². The molecule has 0 saturated carbocycles. The first-order valence-corrected chi connectivity index (χ1v) is 7.89. The number of anilines is 1. The normalized spacial score (nSPS) is 27.1. The second kappa shape index (κ2) is 5.71. The van der Waals surface area contributed by atoms with Gasteiger partial charge in [-0.25, -0.2) is 0 Å². The molecule has 2 atom stereocenters. The highest BCUT2D eigenvalue weighted by Gasteiger charge is 2.31. The van der Waals surface area contributed by atoms with Crippen molar-refractivity contribution in [2.45, 2.75) is 37.8 Å². The van der Waals surface area contributed by atoms with E-state index in [0.717, 1.165) is 22.0 Å². The summed E-state index contributed by atoms with van der Waals surface area (Å²) in [5.41, 5.74) is 1.16. The molecule has 0 bridgehead atoms. The number of hydrogen-bond donors (Lipinski definition) is 1. The minimum absolute atomic E-state index is 0.602. The summed E-state index contributed by atoms with van der Waals surface area (Å²) in [4.78, 5) is 2.65. The van der Waals surface area contributed by atoms with Crippen LogP contribution in [0.15, 0.2) is 22.7 Å². The lowest BCUT2D eigenvalue weighted by molar-refractivity contribution is 0.188. The molecule has 2 unspecified atom stereocenters. The maximum absolute atomic E-state index is 5.35. The zero-order valence-corrected chi connectivity index (χ0v) is 12.9. The van der Waals surface area contributed by atoms with E-state index in [1.54, 1.807) is 7.11 Å². The predicted molar refractivity (Wildman–Crippen MR) is 81.9 cm³/mol. The average molecular weight is 325 g/mol. The number of benzene rings is 1. The fraction of sp³-hybridized carbons (Fsp3) is 0.600. The lowest BCUT2D eigenvalue weighted by Crippen LogP contribution is -2.42. The Bertz CT molecular complexity index is 452. The summed E-state index contributed by atoms with van der Waals surface area (Å²) in [6.07, 6.45) is 5.28. The molecule has 1 aromatic rings. The number of methoxy groups -OCH3 is 1. The van der Waals surface area contributed by atoms with Crippen LogP contribution in [0.2, 0.25) is 0 Å². The van der Waals surface area contributed by atoms with Crippen LogP contribution in [0.1, 0.15) is 25.7 Å². The van der Waals surface area contributed by atoms with Gasteiger partial charge in [0.1, 0.15) is 5.75 Å². The molecule has 2 heterocycles. The number of ether oxygens (including phenoxy) is 1. The zero-order valence-electron chi connectivity index (χ0n) is 11.4. The van der Waals surface area contributed by atoms with Crippen LogP contribution in [-0.2, 0) is 0 Å². The first-order valence-electron chi connectivity index (χ1n) is 7.10. The largest absolute Gasteiger partial charge is 0.495 e. The Labute approximate surface area is 123 Å². The molecular weight excluding hydrogens is 304 g/mol. The SMILES string of the molecule is COc1cc(NC2CCN3CCCC3C2)ccc1Br. The van der Waals surface area contributed by atoms with Crippen molar-refractivity contribution in [1.29, 1.82) is 0 Å². The van der Waals surface area contributed by atoms with Crippen LogP contribution in [-0.4, -0.2) is 37.2 Å². The number of fused-ring (bicyclic) bond motifs is 1. The molecule has 1 N–H and O–H groups in total. The van der Waals surface area contributed by atoms with Gasteiger partial charge in [-0.05, 0) is 60.3 Å². The third-order valence-corrected chi connectivity index (χ3v) is 5.00. The van der Waals surface area contributed by atoms with Crippen molar-refractivity contribution in [3.05, 3.63) is 22.7 Å². The first-order chi connectivity index (χ1) is 9.26. The zero-order chi connectivity index (χ0) is 13.2. The molecule has 0 aromatic heterocycles. The monoisotopic (exact) mass is 324 g/mol. The van der Waals surface area contributed by atoms with E-state index in [1.165, 1.54) is 38.8 Å². The van der Waals surface area contributed by atoms with Gasteiger partial charge in [-0.1, -0.05) is 0 Å². The second-order valence-corrected chi connectivity index (χ2v) is 6.40. The van der Waals surface area contributed by atoms with Gasteiger partial charge in [0, 0.05) is 30.4 Å². The van der Waals surface area contributed by atoms with E-state index in [0.29, 0.717) is 6.04 Å². The third-order valence-electron chi connectivity index (χ3n) is 4.34. The summed E-state index contributed by atoms with van der Waals surface area (Å²) < 4.78 is 6.35. The summed E-state index contributed by atoms with van der Waals surface area (Å²) in [6.45, 7) is 2.56. The van der Waals surface area contributed by atoms with Gasteiger partial charge < -0.3 is 15.0 Å². The lowest BCUT2D eigenvalue weighted by atomic mass is 9.97. The molecule has 19 heavy (non-hydrogen) atoms. The number of nitrogens with one attached hydrogen (secondary N) is 1. The third kappa shape index (κ3) is 2.90. The van der Waals surface area contributed by atoms with E-state index in [2.05, 4.69) is 38.3 Å². The first kappa shape index (κ1) is 13.3. The molecule has 0 spiro atoms. The van der Waals surface area contributed by atoms with Crippen molar-refractivity contribution >= 4 is 21.6 Å². The summed E-state index contributed by atoms with van der Waals surface area (Å²) in [5, 5.41) is 3.67. The fourth-order valence-electron chi connectivity index (χ4n) is 3.34. The summed E-state index contributed by atoms with van der Waals surface area (Å²) >= 11 is 3.49. The fourth-order valence-corrected chi connectivity index (χ4v) is 3.75. The minimum atomic E-state index is 0.602. The molecule has 0 radical (unpaired) electrons. The Hall–Kier alpha value is -0.740. The molecular formula is C15H21BrN2O. The van der Waals surface area contributed by atoms with Gasteiger partial charge in [0.25, 0.3) is 0 Å². The van der Waals surface area contributed by atoms with E-state index in [9.17, 15) is 0 Å². The van der Waals surface area contributed by atoms with Crippen LogP contribution in [0.25, 0.3) is 0 Å². The smallest absolute Gasteiger partial charge is 0.135 e. The molecule has 3 rings (SSSR count). The maximum Gasteiger partial charge on any atom is 0.135 e. The van der Waals surface area contributed by atoms with Crippen LogP contribution < -0.4 is 10.1 Å². The Morgan fingerprint density at radius 3 is 3.05 bits per heavy atom. The Morgan fingerprint density at radius 1 is 1.32 bits per heavy atom. The van der Waals surface area contributed by atoms with E-state index < -0.39 is 0 Å². The molecule has 3 nitrogen and oxygen atoms in total. The topological polar surface area (TPSA) is 24.5 Å². The van der Waals surface area contributed by atoms with Crippen molar-refractivity contribution in [3.8, 4) is 5.75 Å². The molecule has 0 aliphatic carbocycles. The van der Waals surface area contributed by atoms with Gasteiger partial charge in [-0.15, -0.1) is 0 Å². The van der Waals surface area contributed by atoms with E-state index >= 15 is 0 Å². The van der Waals surface area contributed by atoms with Crippen molar-refractivity contribution in [2.24, 2.45) is 0 Å².